The van der Waals surface area contributed by atoms with Crippen molar-refractivity contribution in [3.05, 3.63) is 42.5 Å². The third-order valence-corrected chi connectivity index (χ3v) is 4.89. The lowest BCUT2D eigenvalue weighted by Gasteiger charge is -2.31. The van der Waals surface area contributed by atoms with Crippen molar-refractivity contribution in [2.45, 2.75) is 38.7 Å². The standard InChI is InChI=1S/C21H29N3O2/c1-2-3-21(15-10-12-24-13-11-15)26-17-6-4-16(5-7-17)25-18-8-9-19(22)20(23)14-18/h4-9,14-15,21,24H,2-3,10-13,22-23H2,1H3. The average molecular weight is 355 g/mol. The molecule has 1 unspecified atom stereocenters. The lowest BCUT2D eigenvalue weighted by atomic mass is 9.89. The van der Waals surface area contributed by atoms with Gasteiger partial charge in [0.15, 0.2) is 0 Å². The Morgan fingerprint density at radius 2 is 1.62 bits per heavy atom. The first-order chi connectivity index (χ1) is 12.7. The summed E-state index contributed by atoms with van der Waals surface area (Å²) in [6, 6.07) is 13.1. The van der Waals surface area contributed by atoms with E-state index in [2.05, 4.69) is 12.2 Å². The molecular weight excluding hydrogens is 326 g/mol. The number of anilines is 2. The van der Waals surface area contributed by atoms with Gasteiger partial charge < -0.3 is 26.3 Å². The van der Waals surface area contributed by atoms with Crippen LogP contribution in [0.5, 0.6) is 17.2 Å². The summed E-state index contributed by atoms with van der Waals surface area (Å²) < 4.78 is 12.2. The Morgan fingerprint density at radius 3 is 2.27 bits per heavy atom. The minimum atomic E-state index is 0.283. The van der Waals surface area contributed by atoms with Crippen molar-refractivity contribution in [3.8, 4) is 17.2 Å². The fourth-order valence-electron chi connectivity index (χ4n) is 3.40. The number of rotatable bonds is 7. The van der Waals surface area contributed by atoms with Crippen LogP contribution in [-0.2, 0) is 0 Å². The summed E-state index contributed by atoms with van der Waals surface area (Å²) in [5.41, 5.74) is 12.6. The molecule has 0 amide bonds. The number of nitrogen functional groups attached to an aromatic ring is 2. The van der Waals surface area contributed by atoms with Gasteiger partial charge >= 0.3 is 0 Å². The smallest absolute Gasteiger partial charge is 0.129 e. The molecule has 1 heterocycles. The summed E-state index contributed by atoms with van der Waals surface area (Å²) >= 11 is 0. The van der Waals surface area contributed by atoms with Gasteiger partial charge in [0.1, 0.15) is 23.4 Å². The molecule has 0 bridgehead atoms. The number of hydrogen-bond acceptors (Lipinski definition) is 5. The van der Waals surface area contributed by atoms with Crippen molar-refractivity contribution in [1.29, 1.82) is 0 Å². The molecule has 0 aromatic heterocycles. The third kappa shape index (κ3) is 4.82. The molecule has 3 rings (SSSR count). The van der Waals surface area contributed by atoms with Crippen LogP contribution in [0.1, 0.15) is 32.6 Å². The van der Waals surface area contributed by atoms with E-state index in [9.17, 15) is 0 Å². The Morgan fingerprint density at radius 1 is 0.962 bits per heavy atom. The Bertz CT molecular complexity index is 697. The van der Waals surface area contributed by atoms with Gasteiger partial charge in [-0.2, -0.15) is 0 Å². The molecule has 0 saturated carbocycles. The number of nitrogens with one attached hydrogen (secondary N) is 1. The van der Waals surface area contributed by atoms with Crippen LogP contribution < -0.4 is 26.3 Å². The van der Waals surface area contributed by atoms with Crippen molar-refractivity contribution in [3.63, 3.8) is 0 Å². The molecule has 1 saturated heterocycles. The zero-order chi connectivity index (χ0) is 18.4. The highest BCUT2D eigenvalue weighted by Crippen LogP contribution is 2.29. The Kier molecular flexibility index (Phi) is 6.23. The Hall–Kier alpha value is -2.40. The van der Waals surface area contributed by atoms with Gasteiger partial charge in [-0.25, -0.2) is 0 Å². The Labute approximate surface area is 155 Å². The maximum atomic E-state index is 6.31. The summed E-state index contributed by atoms with van der Waals surface area (Å²) in [4.78, 5) is 0. The summed E-state index contributed by atoms with van der Waals surface area (Å²) in [5.74, 6) is 2.94. The molecule has 1 atom stereocenters. The van der Waals surface area contributed by atoms with Crippen LogP contribution >= 0.6 is 0 Å². The first-order valence-electron chi connectivity index (χ1n) is 9.46. The molecule has 5 nitrogen and oxygen atoms in total. The lowest BCUT2D eigenvalue weighted by molar-refractivity contribution is 0.103. The van der Waals surface area contributed by atoms with Crippen LogP contribution in [0, 0.1) is 5.92 Å². The van der Waals surface area contributed by atoms with E-state index < -0.39 is 0 Å². The first kappa shape index (κ1) is 18.4. The zero-order valence-electron chi connectivity index (χ0n) is 15.4. The summed E-state index contributed by atoms with van der Waals surface area (Å²) in [6.07, 6.45) is 4.88. The van der Waals surface area contributed by atoms with Crippen molar-refractivity contribution in [2.24, 2.45) is 5.92 Å². The van der Waals surface area contributed by atoms with Gasteiger partial charge in [0, 0.05) is 6.07 Å². The lowest BCUT2D eigenvalue weighted by Crippen LogP contribution is -2.36. The number of hydrogen-bond donors (Lipinski definition) is 3. The minimum Gasteiger partial charge on any atom is -0.490 e. The van der Waals surface area contributed by atoms with Gasteiger partial charge in [-0.05, 0) is 74.7 Å². The molecule has 26 heavy (non-hydrogen) atoms. The highest BCUT2D eigenvalue weighted by Gasteiger charge is 2.24. The second-order valence-electron chi connectivity index (χ2n) is 6.90. The van der Waals surface area contributed by atoms with Crippen LogP contribution in [-0.4, -0.2) is 19.2 Å². The van der Waals surface area contributed by atoms with Crippen LogP contribution in [0.2, 0.25) is 0 Å². The monoisotopic (exact) mass is 355 g/mol. The molecule has 1 aliphatic heterocycles. The normalized spacial score (nSPS) is 16.2. The molecule has 0 radical (unpaired) electrons. The van der Waals surface area contributed by atoms with Gasteiger partial charge in [0.25, 0.3) is 0 Å². The predicted octanol–water partition coefficient (Wildman–Crippen LogP) is 4.19. The van der Waals surface area contributed by atoms with Crippen LogP contribution in [0.25, 0.3) is 0 Å². The Balaban J connectivity index is 1.63. The van der Waals surface area contributed by atoms with Crippen molar-refractivity contribution in [1.82, 2.24) is 5.32 Å². The number of ether oxygens (including phenoxy) is 2. The van der Waals surface area contributed by atoms with Crippen LogP contribution in [0.3, 0.4) is 0 Å². The van der Waals surface area contributed by atoms with Gasteiger partial charge in [-0.3, -0.25) is 0 Å². The molecule has 1 fully saturated rings. The molecule has 0 spiro atoms. The van der Waals surface area contributed by atoms with Crippen LogP contribution in [0.15, 0.2) is 42.5 Å². The maximum Gasteiger partial charge on any atom is 0.129 e. The highest BCUT2D eigenvalue weighted by atomic mass is 16.5. The van der Waals surface area contributed by atoms with E-state index in [4.69, 9.17) is 20.9 Å². The fourth-order valence-corrected chi connectivity index (χ4v) is 3.40. The van der Waals surface area contributed by atoms with E-state index in [1.54, 1.807) is 12.1 Å². The summed E-state index contributed by atoms with van der Waals surface area (Å²) in [7, 11) is 0. The van der Waals surface area contributed by atoms with Gasteiger partial charge in [-0.15, -0.1) is 0 Å². The van der Waals surface area contributed by atoms with Gasteiger partial charge in [0.05, 0.1) is 11.4 Å². The van der Waals surface area contributed by atoms with Crippen molar-refractivity contribution >= 4 is 11.4 Å². The third-order valence-electron chi connectivity index (χ3n) is 4.89. The van der Waals surface area contributed by atoms with E-state index in [-0.39, 0.29) is 6.10 Å². The largest absolute Gasteiger partial charge is 0.490 e. The molecule has 2 aromatic rings. The topological polar surface area (TPSA) is 82.5 Å². The molecular formula is C21H29N3O2. The van der Waals surface area contributed by atoms with E-state index >= 15 is 0 Å². The zero-order valence-corrected chi connectivity index (χ0v) is 15.4. The summed E-state index contributed by atoms with van der Waals surface area (Å²) in [5, 5.41) is 3.42. The van der Waals surface area contributed by atoms with E-state index in [1.165, 1.54) is 12.8 Å². The van der Waals surface area contributed by atoms with E-state index in [0.717, 1.165) is 37.4 Å². The van der Waals surface area contributed by atoms with Crippen LogP contribution in [0.4, 0.5) is 11.4 Å². The highest BCUT2D eigenvalue weighted by molar-refractivity contribution is 5.65. The molecule has 1 aliphatic rings. The SMILES string of the molecule is CCCC(Oc1ccc(Oc2ccc(N)c(N)c2)cc1)C1CCNCC1. The van der Waals surface area contributed by atoms with E-state index in [0.29, 0.717) is 23.0 Å². The second-order valence-corrected chi connectivity index (χ2v) is 6.90. The minimum absolute atomic E-state index is 0.283. The summed E-state index contributed by atoms with van der Waals surface area (Å²) in [6.45, 7) is 4.39. The molecule has 140 valence electrons. The van der Waals surface area contributed by atoms with Gasteiger partial charge in [-0.1, -0.05) is 13.3 Å². The average Bonchev–Trinajstić information content (AvgIpc) is 2.67. The predicted molar refractivity (Wildman–Crippen MR) is 107 cm³/mol. The number of nitrogens with two attached hydrogens (primary N) is 2. The number of benzene rings is 2. The van der Waals surface area contributed by atoms with E-state index in [1.807, 2.05) is 30.3 Å². The molecule has 5 N–H and O–H groups in total. The fraction of sp³-hybridized carbons (Fsp3) is 0.429. The van der Waals surface area contributed by atoms with Crippen molar-refractivity contribution < 1.29 is 9.47 Å². The maximum absolute atomic E-state index is 6.31. The first-order valence-corrected chi connectivity index (χ1v) is 9.46. The van der Waals surface area contributed by atoms with Gasteiger partial charge in [0.2, 0.25) is 0 Å². The molecule has 0 aliphatic carbocycles. The van der Waals surface area contributed by atoms with Crippen molar-refractivity contribution in [2.75, 3.05) is 24.6 Å². The second kappa shape index (κ2) is 8.81. The quantitative estimate of drug-likeness (QED) is 0.649. The molecule has 5 heteroatoms. The molecule has 2 aromatic carbocycles. The number of piperidine rings is 1.